The first kappa shape index (κ1) is 25.6. The van der Waals surface area contributed by atoms with Crippen LogP contribution in [0, 0.1) is 0 Å². The van der Waals surface area contributed by atoms with Gasteiger partial charge < -0.3 is 14.4 Å². The number of ether oxygens (including phenoxy) is 2. The van der Waals surface area contributed by atoms with Crippen molar-refractivity contribution in [3.05, 3.63) is 34.9 Å². The highest BCUT2D eigenvalue weighted by Gasteiger charge is 2.33. The Balaban J connectivity index is 1.57. The Morgan fingerprint density at radius 1 is 1.11 bits per heavy atom. The minimum absolute atomic E-state index is 0.129. The molecule has 0 saturated carbocycles. The maximum atomic E-state index is 13.2. The van der Waals surface area contributed by atoms with Gasteiger partial charge in [-0.3, -0.25) is 0 Å². The van der Waals surface area contributed by atoms with Gasteiger partial charge in [0.2, 0.25) is 0 Å². The first-order chi connectivity index (χ1) is 16.5. The third kappa shape index (κ3) is 5.85. The van der Waals surface area contributed by atoms with Gasteiger partial charge in [-0.25, -0.2) is 4.79 Å². The predicted octanol–water partition coefficient (Wildman–Crippen LogP) is 6.15. The van der Waals surface area contributed by atoms with E-state index in [1.54, 1.807) is 16.7 Å². The molecular formula is C25H30F3N3O3S. The van der Waals surface area contributed by atoms with Gasteiger partial charge in [0.25, 0.3) is 0 Å². The molecule has 1 aliphatic carbocycles. The van der Waals surface area contributed by atoms with E-state index in [4.69, 9.17) is 9.47 Å². The number of halogens is 3. The number of benzene rings is 1. The first-order valence-electron chi connectivity index (χ1n) is 11.7. The number of amides is 1. The van der Waals surface area contributed by atoms with Gasteiger partial charge in [-0.1, -0.05) is 11.8 Å². The SMILES string of the molecule is COc1cc(C(F)(F)F)ccc1-c1nnc(S[C@@H]2CCCN(C(=O)OC(C)(C)C)C2)c2c1CCC2. The molecule has 1 atom stereocenters. The Hall–Kier alpha value is -2.49. The minimum Gasteiger partial charge on any atom is -0.496 e. The van der Waals surface area contributed by atoms with E-state index in [1.807, 2.05) is 20.8 Å². The highest BCUT2D eigenvalue weighted by atomic mass is 32.2. The molecule has 0 N–H and O–H groups in total. The Kier molecular flexibility index (Phi) is 7.22. The number of carbonyl (C=O) groups is 1. The van der Waals surface area contributed by atoms with E-state index < -0.39 is 17.3 Å². The van der Waals surface area contributed by atoms with Crippen molar-refractivity contribution in [1.29, 1.82) is 0 Å². The molecule has 2 heterocycles. The molecule has 2 aliphatic rings. The number of carbonyl (C=O) groups excluding carboxylic acids is 1. The molecule has 4 rings (SSSR count). The van der Waals surface area contributed by atoms with E-state index in [2.05, 4.69) is 10.2 Å². The lowest BCUT2D eigenvalue weighted by Crippen LogP contribution is -2.43. The van der Waals surface area contributed by atoms with Crippen LogP contribution < -0.4 is 4.74 Å². The van der Waals surface area contributed by atoms with E-state index in [9.17, 15) is 18.0 Å². The normalized spacial score (nSPS) is 18.4. The fourth-order valence-electron chi connectivity index (χ4n) is 4.52. The lowest BCUT2D eigenvalue weighted by atomic mass is 10.0. The summed E-state index contributed by atoms with van der Waals surface area (Å²) in [5.74, 6) is 0.129. The van der Waals surface area contributed by atoms with Crippen molar-refractivity contribution in [2.24, 2.45) is 0 Å². The van der Waals surface area contributed by atoms with Crippen molar-refractivity contribution in [2.45, 2.75) is 74.9 Å². The highest BCUT2D eigenvalue weighted by Crippen LogP contribution is 2.42. The molecule has 1 saturated heterocycles. The van der Waals surface area contributed by atoms with Crippen molar-refractivity contribution < 1.29 is 27.4 Å². The van der Waals surface area contributed by atoms with E-state index in [1.165, 1.54) is 13.2 Å². The summed E-state index contributed by atoms with van der Waals surface area (Å²) in [5.41, 5.74) is 1.89. The van der Waals surface area contributed by atoms with Gasteiger partial charge in [-0.05, 0) is 82.2 Å². The number of fused-ring (bicyclic) bond motifs is 1. The number of piperidine rings is 1. The minimum atomic E-state index is -4.45. The van der Waals surface area contributed by atoms with Gasteiger partial charge in [-0.15, -0.1) is 10.2 Å². The van der Waals surface area contributed by atoms with Gasteiger partial charge in [0.15, 0.2) is 0 Å². The summed E-state index contributed by atoms with van der Waals surface area (Å²) in [6.45, 7) is 6.81. The van der Waals surface area contributed by atoms with Gasteiger partial charge in [-0.2, -0.15) is 13.2 Å². The molecule has 1 aliphatic heterocycles. The Bertz CT molecular complexity index is 1100. The van der Waals surface area contributed by atoms with Crippen LogP contribution in [0.2, 0.25) is 0 Å². The second-order valence-electron chi connectivity index (χ2n) is 9.89. The third-order valence-electron chi connectivity index (χ3n) is 6.09. The molecular weight excluding hydrogens is 479 g/mol. The summed E-state index contributed by atoms with van der Waals surface area (Å²) in [6.07, 6.45) is -0.363. The van der Waals surface area contributed by atoms with Crippen LogP contribution in [-0.2, 0) is 23.8 Å². The molecule has 0 bridgehead atoms. The van der Waals surface area contributed by atoms with Gasteiger partial charge in [0, 0.05) is 23.9 Å². The molecule has 2 aromatic rings. The number of hydrogen-bond donors (Lipinski definition) is 0. The summed E-state index contributed by atoms with van der Waals surface area (Å²) >= 11 is 1.63. The van der Waals surface area contributed by atoms with E-state index in [-0.39, 0.29) is 17.1 Å². The number of rotatable bonds is 4. The zero-order chi connectivity index (χ0) is 25.4. The second kappa shape index (κ2) is 9.87. The summed E-state index contributed by atoms with van der Waals surface area (Å²) in [7, 11) is 1.36. The maximum Gasteiger partial charge on any atom is 0.416 e. The molecule has 1 aromatic carbocycles. The zero-order valence-corrected chi connectivity index (χ0v) is 21.2. The average Bonchev–Trinajstić information content (AvgIpc) is 3.28. The summed E-state index contributed by atoms with van der Waals surface area (Å²) in [6, 6.07) is 3.47. The monoisotopic (exact) mass is 509 g/mol. The van der Waals surface area contributed by atoms with Gasteiger partial charge >= 0.3 is 12.3 Å². The lowest BCUT2D eigenvalue weighted by molar-refractivity contribution is -0.137. The van der Waals surface area contributed by atoms with Gasteiger partial charge in [0.05, 0.1) is 12.7 Å². The van der Waals surface area contributed by atoms with Gasteiger partial charge in [0.1, 0.15) is 22.1 Å². The number of thioether (sulfide) groups is 1. The Morgan fingerprint density at radius 2 is 1.86 bits per heavy atom. The van der Waals surface area contributed by atoms with Crippen LogP contribution in [0.15, 0.2) is 23.2 Å². The first-order valence-corrected chi connectivity index (χ1v) is 12.6. The smallest absolute Gasteiger partial charge is 0.416 e. The van der Waals surface area contributed by atoms with Crippen LogP contribution in [0.5, 0.6) is 5.75 Å². The summed E-state index contributed by atoms with van der Waals surface area (Å²) in [4.78, 5) is 14.3. The van der Waals surface area contributed by atoms with Crippen LogP contribution in [-0.4, -0.2) is 52.2 Å². The molecule has 35 heavy (non-hydrogen) atoms. The largest absolute Gasteiger partial charge is 0.496 e. The molecule has 6 nitrogen and oxygen atoms in total. The number of nitrogens with zero attached hydrogens (tertiary/aromatic N) is 3. The lowest BCUT2D eigenvalue weighted by Gasteiger charge is -2.33. The summed E-state index contributed by atoms with van der Waals surface area (Å²) < 4.78 is 50.3. The van der Waals surface area contributed by atoms with Crippen molar-refractivity contribution in [3.8, 4) is 17.0 Å². The molecule has 1 fully saturated rings. The third-order valence-corrected chi connectivity index (χ3v) is 7.36. The fraction of sp³-hybridized carbons (Fsp3) is 0.560. The van der Waals surface area contributed by atoms with E-state index in [0.29, 0.717) is 24.3 Å². The standard InChI is InChI=1S/C25H30F3N3O3S/c1-24(2,3)34-23(32)31-12-6-7-16(14-31)35-22-18-9-5-8-17(18)21(29-30-22)19-11-10-15(25(26,27)28)13-20(19)33-4/h10-11,13,16H,5-9,12,14H2,1-4H3/t16-/m1/s1. The number of hydrogen-bond acceptors (Lipinski definition) is 6. The predicted molar refractivity (Wildman–Crippen MR) is 128 cm³/mol. The van der Waals surface area contributed by atoms with Crippen molar-refractivity contribution in [2.75, 3.05) is 20.2 Å². The summed E-state index contributed by atoms with van der Waals surface area (Å²) in [5, 5.41) is 9.95. The number of alkyl halides is 3. The molecule has 1 amide bonds. The maximum absolute atomic E-state index is 13.2. The van der Waals surface area contributed by atoms with E-state index in [0.717, 1.165) is 60.4 Å². The second-order valence-corrected chi connectivity index (χ2v) is 11.2. The Labute approximate surface area is 207 Å². The quantitative estimate of drug-likeness (QED) is 0.493. The van der Waals surface area contributed by atoms with Crippen molar-refractivity contribution in [1.82, 2.24) is 15.1 Å². The van der Waals surface area contributed by atoms with Crippen LogP contribution in [0.25, 0.3) is 11.3 Å². The highest BCUT2D eigenvalue weighted by molar-refractivity contribution is 7.99. The average molecular weight is 510 g/mol. The number of aromatic nitrogens is 2. The van der Waals surface area contributed by atoms with Crippen LogP contribution in [0.4, 0.5) is 18.0 Å². The molecule has 10 heteroatoms. The molecule has 0 spiro atoms. The molecule has 1 aromatic heterocycles. The molecule has 0 unspecified atom stereocenters. The zero-order valence-electron chi connectivity index (χ0n) is 20.4. The fourth-order valence-corrected chi connectivity index (χ4v) is 5.83. The molecule has 0 radical (unpaired) electrons. The van der Waals surface area contributed by atoms with Crippen molar-refractivity contribution >= 4 is 17.9 Å². The Morgan fingerprint density at radius 3 is 2.54 bits per heavy atom. The van der Waals surface area contributed by atoms with Crippen LogP contribution in [0.3, 0.4) is 0 Å². The van der Waals surface area contributed by atoms with Crippen LogP contribution >= 0.6 is 11.8 Å². The van der Waals surface area contributed by atoms with Crippen LogP contribution in [0.1, 0.15) is 56.7 Å². The number of likely N-dealkylation sites (tertiary alicyclic amines) is 1. The van der Waals surface area contributed by atoms with Crippen molar-refractivity contribution in [3.63, 3.8) is 0 Å². The van der Waals surface area contributed by atoms with E-state index >= 15 is 0 Å². The topological polar surface area (TPSA) is 64.6 Å². The molecule has 190 valence electrons. The number of methoxy groups -OCH3 is 1.